The van der Waals surface area contributed by atoms with E-state index in [9.17, 15) is 9.59 Å². The molecular formula is C19H24N4O2. The lowest BCUT2D eigenvalue weighted by Crippen LogP contribution is -2.27. The van der Waals surface area contributed by atoms with Crippen LogP contribution in [0.15, 0.2) is 48.5 Å². The standard InChI is InChI=1S/C19H24N4O2/c1-23(2)13-19(25)22-16-10-8-15(9-11-16)21-18(24)12-7-14-5-3-4-6-17(14)20/h3-6,8-11H,7,12-13,20H2,1-2H3,(H,21,24)(H,22,25). The number of rotatable bonds is 7. The maximum Gasteiger partial charge on any atom is 0.238 e. The van der Waals surface area contributed by atoms with E-state index in [2.05, 4.69) is 10.6 Å². The number of aryl methyl sites for hydroxylation is 1. The van der Waals surface area contributed by atoms with Crippen molar-refractivity contribution in [3.05, 3.63) is 54.1 Å². The first-order valence-electron chi connectivity index (χ1n) is 8.12. The summed E-state index contributed by atoms with van der Waals surface area (Å²) in [5.74, 6) is -0.158. The highest BCUT2D eigenvalue weighted by Crippen LogP contribution is 2.16. The number of nitrogens with zero attached hydrogens (tertiary/aromatic N) is 1. The zero-order valence-electron chi connectivity index (χ0n) is 14.6. The summed E-state index contributed by atoms with van der Waals surface area (Å²) in [6, 6.07) is 14.6. The molecule has 0 saturated heterocycles. The number of carbonyl (C=O) groups excluding carboxylic acids is 2. The molecule has 0 unspecified atom stereocenters. The molecule has 0 spiro atoms. The largest absolute Gasteiger partial charge is 0.399 e. The molecule has 2 aromatic rings. The third-order valence-electron chi connectivity index (χ3n) is 3.59. The van der Waals surface area contributed by atoms with Gasteiger partial charge in [-0.15, -0.1) is 0 Å². The molecule has 6 heteroatoms. The minimum atomic E-state index is -0.0813. The van der Waals surface area contributed by atoms with Gasteiger partial charge in [0.15, 0.2) is 0 Å². The summed E-state index contributed by atoms with van der Waals surface area (Å²) in [5, 5.41) is 5.64. The van der Waals surface area contributed by atoms with E-state index >= 15 is 0 Å². The van der Waals surface area contributed by atoms with Gasteiger partial charge in [0.1, 0.15) is 0 Å². The lowest BCUT2D eigenvalue weighted by atomic mass is 10.1. The molecule has 2 aromatic carbocycles. The summed E-state index contributed by atoms with van der Waals surface area (Å²) in [5.41, 5.74) is 8.94. The van der Waals surface area contributed by atoms with Gasteiger partial charge in [-0.1, -0.05) is 18.2 Å². The average Bonchev–Trinajstić information content (AvgIpc) is 2.55. The van der Waals surface area contributed by atoms with Gasteiger partial charge in [0.2, 0.25) is 11.8 Å². The van der Waals surface area contributed by atoms with E-state index in [0.717, 1.165) is 5.56 Å². The number of likely N-dealkylation sites (N-methyl/N-ethyl adjacent to an activating group) is 1. The monoisotopic (exact) mass is 340 g/mol. The van der Waals surface area contributed by atoms with Crippen molar-refractivity contribution in [1.82, 2.24) is 4.90 Å². The number of hydrogen-bond donors (Lipinski definition) is 3. The van der Waals surface area contributed by atoms with Gasteiger partial charge in [-0.25, -0.2) is 0 Å². The quantitative estimate of drug-likeness (QED) is 0.675. The first-order chi connectivity index (χ1) is 11.9. The topological polar surface area (TPSA) is 87.5 Å². The van der Waals surface area contributed by atoms with Crippen molar-refractivity contribution >= 4 is 28.9 Å². The van der Waals surface area contributed by atoms with Crippen molar-refractivity contribution < 1.29 is 9.59 Å². The number of nitrogens with two attached hydrogens (primary N) is 1. The zero-order valence-corrected chi connectivity index (χ0v) is 14.6. The van der Waals surface area contributed by atoms with Crippen LogP contribution in [-0.2, 0) is 16.0 Å². The Kier molecular flexibility index (Phi) is 6.54. The molecule has 132 valence electrons. The fourth-order valence-electron chi connectivity index (χ4n) is 2.36. The minimum absolute atomic E-state index is 0.0763. The van der Waals surface area contributed by atoms with Crippen LogP contribution in [0.25, 0.3) is 0 Å². The molecule has 0 fully saturated rings. The van der Waals surface area contributed by atoms with Gasteiger partial charge >= 0.3 is 0 Å². The highest BCUT2D eigenvalue weighted by molar-refractivity contribution is 5.93. The van der Waals surface area contributed by atoms with Gasteiger partial charge in [0.25, 0.3) is 0 Å². The van der Waals surface area contributed by atoms with Crippen LogP contribution >= 0.6 is 0 Å². The van der Waals surface area contributed by atoms with Crippen LogP contribution in [0.2, 0.25) is 0 Å². The maximum absolute atomic E-state index is 12.1. The first kappa shape index (κ1) is 18.5. The summed E-state index contributed by atoms with van der Waals surface area (Å²) in [4.78, 5) is 25.5. The molecular weight excluding hydrogens is 316 g/mol. The summed E-state index contributed by atoms with van der Waals surface area (Å²) in [6.45, 7) is 0.321. The zero-order chi connectivity index (χ0) is 18.2. The highest BCUT2D eigenvalue weighted by atomic mass is 16.2. The molecule has 0 heterocycles. The van der Waals surface area contributed by atoms with Crippen molar-refractivity contribution in [3.63, 3.8) is 0 Å². The van der Waals surface area contributed by atoms with E-state index in [-0.39, 0.29) is 11.8 Å². The second-order valence-electron chi connectivity index (χ2n) is 6.11. The molecule has 4 N–H and O–H groups in total. The van der Waals surface area contributed by atoms with Crippen LogP contribution in [0, 0.1) is 0 Å². The van der Waals surface area contributed by atoms with Crippen LogP contribution in [0.4, 0.5) is 17.1 Å². The molecule has 0 aliphatic heterocycles. The molecule has 0 aliphatic carbocycles. The van der Waals surface area contributed by atoms with Gasteiger partial charge in [-0.2, -0.15) is 0 Å². The molecule has 0 aliphatic rings. The molecule has 25 heavy (non-hydrogen) atoms. The third-order valence-corrected chi connectivity index (χ3v) is 3.59. The van der Waals surface area contributed by atoms with Crippen LogP contribution in [-0.4, -0.2) is 37.4 Å². The Morgan fingerprint density at radius 2 is 1.48 bits per heavy atom. The average molecular weight is 340 g/mol. The van der Waals surface area contributed by atoms with Crippen molar-refractivity contribution in [2.45, 2.75) is 12.8 Å². The second kappa shape index (κ2) is 8.84. The maximum atomic E-state index is 12.1. The van der Waals surface area contributed by atoms with E-state index in [1.165, 1.54) is 0 Å². The van der Waals surface area contributed by atoms with Crippen LogP contribution in [0.1, 0.15) is 12.0 Å². The minimum Gasteiger partial charge on any atom is -0.399 e. The van der Waals surface area contributed by atoms with E-state index in [0.29, 0.717) is 36.4 Å². The second-order valence-corrected chi connectivity index (χ2v) is 6.11. The Bertz CT molecular complexity index is 726. The summed E-state index contributed by atoms with van der Waals surface area (Å²) < 4.78 is 0. The number of nitrogens with one attached hydrogen (secondary N) is 2. The molecule has 6 nitrogen and oxygen atoms in total. The highest BCUT2D eigenvalue weighted by Gasteiger charge is 2.06. The Morgan fingerprint density at radius 3 is 2.04 bits per heavy atom. The molecule has 0 atom stereocenters. The van der Waals surface area contributed by atoms with Crippen molar-refractivity contribution in [2.24, 2.45) is 0 Å². The van der Waals surface area contributed by atoms with Gasteiger partial charge in [-0.3, -0.25) is 9.59 Å². The number of hydrogen-bond acceptors (Lipinski definition) is 4. The fraction of sp³-hybridized carbons (Fsp3) is 0.263. The van der Waals surface area contributed by atoms with E-state index in [4.69, 9.17) is 5.73 Å². The molecule has 0 radical (unpaired) electrons. The lowest BCUT2D eigenvalue weighted by Gasteiger charge is -2.11. The normalized spacial score (nSPS) is 10.5. The van der Waals surface area contributed by atoms with Gasteiger partial charge in [-0.05, 0) is 56.4 Å². The van der Waals surface area contributed by atoms with Crippen LogP contribution < -0.4 is 16.4 Å². The van der Waals surface area contributed by atoms with Gasteiger partial charge < -0.3 is 21.3 Å². The Hall–Kier alpha value is -2.86. The summed E-state index contributed by atoms with van der Waals surface area (Å²) >= 11 is 0. The van der Waals surface area contributed by atoms with Crippen molar-refractivity contribution in [1.29, 1.82) is 0 Å². The molecule has 0 aromatic heterocycles. The van der Waals surface area contributed by atoms with E-state index < -0.39 is 0 Å². The summed E-state index contributed by atoms with van der Waals surface area (Å²) in [7, 11) is 3.67. The number of anilines is 3. The first-order valence-corrected chi connectivity index (χ1v) is 8.12. The van der Waals surface area contributed by atoms with E-state index in [1.807, 2.05) is 38.4 Å². The fourth-order valence-corrected chi connectivity index (χ4v) is 2.36. The number of nitrogen functional groups attached to an aromatic ring is 1. The van der Waals surface area contributed by atoms with Gasteiger partial charge in [0, 0.05) is 23.5 Å². The molecule has 2 amide bonds. The van der Waals surface area contributed by atoms with Crippen LogP contribution in [0.3, 0.4) is 0 Å². The lowest BCUT2D eigenvalue weighted by molar-refractivity contribution is -0.117. The molecule has 0 bridgehead atoms. The smallest absolute Gasteiger partial charge is 0.238 e. The number of amides is 2. The predicted molar refractivity (Wildman–Crippen MR) is 101 cm³/mol. The number of carbonyl (C=O) groups is 2. The van der Waals surface area contributed by atoms with E-state index in [1.54, 1.807) is 29.2 Å². The van der Waals surface area contributed by atoms with Gasteiger partial charge in [0.05, 0.1) is 6.54 Å². The number of para-hydroxylation sites is 1. The van der Waals surface area contributed by atoms with Crippen molar-refractivity contribution in [3.8, 4) is 0 Å². The Labute approximate surface area is 148 Å². The van der Waals surface area contributed by atoms with Crippen LogP contribution in [0.5, 0.6) is 0 Å². The Morgan fingerprint density at radius 1 is 0.920 bits per heavy atom. The molecule has 0 saturated carbocycles. The van der Waals surface area contributed by atoms with Crippen molar-refractivity contribution in [2.75, 3.05) is 37.0 Å². The number of benzene rings is 2. The predicted octanol–water partition coefficient (Wildman–Crippen LogP) is 2.34. The third kappa shape index (κ3) is 6.27. The molecule has 2 rings (SSSR count). The Balaban J connectivity index is 1.83. The summed E-state index contributed by atoms with van der Waals surface area (Å²) in [6.07, 6.45) is 0.951. The SMILES string of the molecule is CN(C)CC(=O)Nc1ccc(NC(=O)CCc2ccccc2N)cc1.